The monoisotopic (exact) mass is 421 g/mol. The van der Waals surface area contributed by atoms with Crippen LogP contribution in [-0.4, -0.2) is 25.3 Å². The molecule has 0 bridgehead atoms. The Bertz CT molecular complexity index is 1180. The maximum absolute atomic E-state index is 10.1. The summed E-state index contributed by atoms with van der Waals surface area (Å²) in [5.41, 5.74) is 4.91. The zero-order valence-electron chi connectivity index (χ0n) is 15.9. The van der Waals surface area contributed by atoms with E-state index in [0.29, 0.717) is 21.6 Å². The molecule has 0 radical (unpaired) electrons. The van der Waals surface area contributed by atoms with Gasteiger partial charge in [0.2, 0.25) is 0 Å². The molecule has 1 saturated carbocycles. The molecule has 2 aromatic heterocycles. The second kappa shape index (κ2) is 7.39. The van der Waals surface area contributed by atoms with Crippen molar-refractivity contribution in [3.63, 3.8) is 0 Å². The Morgan fingerprint density at radius 3 is 2.48 bits per heavy atom. The fourth-order valence-electron chi connectivity index (χ4n) is 3.76. The quantitative estimate of drug-likeness (QED) is 0.392. The number of imidazole rings is 1. The van der Waals surface area contributed by atoms with Crippen molar-refractivity contribution in [3.8, 4) is 28.1 Å². The SMILES string of the molecule is CC1CC(Sc2nc3nc(-c4ccc(-c5ccccc5O)cc4)c(Cl)cc3[nH]2)C1. The lowest BCUT2D eigenvalue weighted by Gasteiger charge is -2.30. The minimum atomic E-state index is 0.264. The standard InChI is InChI=1S/C23H20ClN3OS/c1-13-10-16(11-13)29-23-25-19-12-18(24)21(26-22(19)27-23)15-8-6-14(7-9-15)17-4-2-3-5-20(17)28/h2-9,12-13,16,28H,10-11H2,1H3,(H,25,26,27). The zero-order chi connectivity index (χ0) is 20.0. The molecule has 2 N–H and O–H groups in total. The molecule has 6 heteroatoms. The number of nitrogens with one attached hydrogen (secondary N) is 1. The van der Waals surface area contributed by atoms with Crippen LogP contribution in [0.5, 0.6) is 5.75 Å². The molecule has 1 aliphatic carbocycles. The third-order valence-electron chi connectivity index (χ3n) is 5.39. The average Bonchev–Trinajstić information content (AvgIpc) is 3.08. The number of para-hydroxylation sites is 1. The number of hydrogen-bond donors (Lipinski definition) is 2. The molecule has 0 amide bonds. The summed E-state index contributed by atoms with van der Waals surface area (Å²) in [5.74, 6) is 1.08. The molecule has 29 heavy (non-hydrogen) atoms. The lowest BCUT2D eigenvalue weighted by atomic mass is 9.87. The highest BCUT2D eigenvalue weighted by Gasteiger charge is 2.27. The number of aromatic amines is 1. The van der Waals surface area contributed by atoms with Crippen LogP contribution in [-0.2, 0) is 0 Å². The summed E-state index contributed by atoms with van der Waals surface area (Å²) < 4.78 is 0. The molecule has 1 fully saturated rings. The number of aromatic nitrogens is 3. The molecule has 1 aliphatic rings. The summed E-state index contributed by atoms with van der Waals surface area (Å²) in [6.45, 7) is 2.29. The summed E-state index contributed by atoms with van der Waals surface area (Å²) in [5, 5.41) is 12.2. The number of hydrogen-bond acceptors (Lipinski definition) is 4. The Hall–Kier alpha value is -2.50. The third-order valence-corrected chi connectivity index (χ3v) is 6.81. The van der Waals surface area contributed by atoms with Crippen LogP contribution in [0.2, 0.25) is 5.02 Å². The van der Waals surface area contributed by atoms with Crippen molar-refractivity contribution in [3.05, 3.63) is 59.6 Å². The molecule has 146 valence electrons. The van der Waals surface area contributed by atoms with Gasteiger partial charge in [-0.3, -0.25) is 0 Å². The van der Waals surface area contributed by atoms with Crippen LogP contribution >= 0.6 is 23.4 Å². The second-order valence-electron chi connectivity index (χ2n) is 7.64. The average molecular weight is 422 g/mol. The Morgan fingerprint density at radius 1 is 1.03 bits per heavy atom. The Morgan fingerprint density at radius 2 is 1.76 bits per heavy atom. The summed E-state index contributed by atoms with van der Waals surface area (Å²) in [6.07, 6.45) is 2.48. The summed E-state index contributed by atoms with van der Waals surface area (Å²) in [6, 6.07) is 17.1. The summed E-state index contributed by atoms with van der Waals surface area (Å²) >= 11 is 8.33. The molecule has 0 aliphatic heterocycles. The molecule has 0 spiro atoms. The van der Waals surface area contributed by atoms with Crippen LogP contribution in [0.4, 0.5) is 0 Å². The molecule has 2 aromatic carbocycles. The first kappa shape index (κ1) is 18.5. The van der Waals surface area contributed by atoms with Gasteiger partial charge in [-0.05, 0) is 36.5 Å². The molecule has 0 unspecified atom stereocenters. The fraction of sp³-hybridized carbons (Fsp3) is 0.217. The van der Waals surface area contributed by atoms with E-state index in [1.807, 2.05) is 48.5 Å². The molecule has 0 atom stereocenters. The lowest BCUT2D eigenvalue weighted by molar-refractivity contribution is 0.360. The number of H-pyrrole nitrogens is 1. The zero-order valence-corrected chi connectivity index (χ0v) is 17.5. The van der Waals surface area contributed by atoms with Gasteiger partial charge in [0, 0.05) is 16.4 Å². The molecule has 5 rings (SSSR count). The maximum atomic E-state index is 10.1. The first-order chi connectivity index (χ1) is 14.1. The van der Waals surface area contributed by atoms with Crippen molar-refractivity contribution in [1.82, 2.24) is 15.0 Å². The first-order valence-electron chi connectivity index (χ1n) is 9.68. The second-order valence-corrected chi connectivity index (χ2v) is 9.34. The fourth-order valence-corrected chi connectivity index (χ4v) is 5.50. The number of halogens is 1. The molecular formula is C23H20ClN3OS. The van der Waals surface area contributed by atoms with E-state index in [-0.39, 0.29) is 5.75 Å². The van der Waals surface area contributed by atoms with Crippen molar-refractivity contribution < 1.29 is 5.11 Å². The largest absolute Gasteiger partial charge is 0.507 e. The van der Waals surface area contributed by atoms with E-state index in [1.54, 1.807) is 17.8 Å². The van der Waals surface area contributed by atoms with Crippen LogP contribution in [0.25, 0.3) is 33.5 Å². The van der Waals surface area contributed by atoms with Crippen molar-refractivity contribution in [1.29, 1.82) is 0 Å². The number of fused-ring (bicyclic) bond motifs is 1. The number of rotatable bonds is 4. The Kier molecular flexibility index (Phi) is 4.72. The number of aromatic hydroxyl groups is 1. The number of phenolic OH excluding ortho intramolecular Hbond substituents is 1. The minimum absolute atomic E-state index is 0.264. The predicted molar refractivity (Wildman–Crippen MR) is 119 cm³/mol. The Labute approximate surface area is 178 Å². The molecule has 0 saturated heterocycles. The van der Waals surface area contributed by atoms with Crippen LogP contribution in [0.15, 0.2) is 59.8 Å². The van der Waals surface area contributed by atoms with Gasteiger partial charge in [-0.15, -0.1) is 0 Å². The van der Waals surface area contributed by atoms with E-state index in [0.717, 1.165) is 33.3 Å². The van der Waals surface area contributed by atoms with Crippen LogP contribution in [0.1, 0.15) is 19.8 Å². The van der Waals surface area contributed by atoms with Gasteiger partial charge >= 0.3 is 0 Å². The Balaban J connectivity index is 1.45. The van der Waals surface area contributed by atoms with E-state index in [1.165, 1.54) is 12.8 Å². The van der Waals surface area contributed by atoms with Crippen molar-refractivity contribution in [2.75, 3.05) is 0 Å². The molecule has 4 aromatic rings. The molecule has 4 nitrogen and oxygen atoms in total. The lowest BCUT2D eigenvalue weighted by Crippen LogP contribution is -2.23. The third kappa shape index (κ3) is 3.61. The van der Waals surface area contributed by atoms with Crippen molar-refractivity contribution >= 4 is 34.5 Å². The van der Waals surface area contributed by atoms with Gasteiger partial charge in [0.1, 0.15) is 5.75 Å². The van der Waals surface area contributed by atoms with Gasteiger partial charge < -0.3 is 10.1 Å². The van der Waals surface area contributed by atoms with Crippen molar-refractivity contribution in [2.24, 2.45) is 5.92 Å². The van der Waals surface area contributed by atoms with Gasteiger partial charge in [0.15, 0.2) is 10.8 Å². The minimum Gasteiger partial charge on any atom is -0.507 e. The van der Waals surface area contributed by atoms with Crippen LogP contribution in [0, 0.1) is 5.92 Å². The summed E-state index contributed by atoms with van der Waals surface area (Å²) in [7, 11) is 0. The van der Waals surface area contributed by atoms with E-state index in [9.17, 15) is 5.11 Å². The number of phenols is 1. The number of pyridine rings is 1. The maximum Gasteiger partial charge on any atom is 0.179 e. The van der Waals surface area contributed by atoms with E-state index in [2.05, 4.69) is 16.9 Å². The van der Waals surface area contributed by atoms with Gasteiger partial charge in [-0.2, -0.15) is 0 Å². The predicted octanol–water partition coefficient (Wildman–Crippen LogP) is 6.54. The molecule has 2 heterocycles. The number of thioether (sulfide) groups is 1. The highest BCUT2D eigenvalue weighted by atomic mass is 35.5. The summed E-state index contributed by atoms with van der Waals surface area (Å²) in [4.78, 5) is 12.7. The van der Waals surface area contributed by atoms with Gasteiger partial charge in [-0.25, -0.2) is 9.97 Å². The van der Waals surface area contributed by atoms with E-state index in [4.69, 9.17) is 16.6 Å². The highest BCUT2D eigenvalue weighted by Crippen LogP contribution is 2.40. The van der Waals surface area contributed by atoms with Crippen molar-refractivity contribution in [2.45, 2.75) is 30.2 Å². The van der Waals surface area contributed by atoms with Gasteiger partial charge in [0.05, 0.1) is 16.2 Å². The van der Waals surface area contributed by atoms with E-state index >= 15 is 0 Å². The number of nitrogens with zero attached hydrogens (tertiary/aromatic N) is 2. The topological polar surface area (TPSA) is 61.8 Å². The first-order valence-corrected chi connectivity index (χ1v) is 10.9. The normalized spacial score (nSPS) is 18.7. The number of benzene rings is 2. The van der Waals surface area contributed by atoms with Crippen LogP contribution in [0.3, 0.4) is 0 Å². The smallest absolute Gasteiger partial charge is 0.179 e. The van der Waals surface area contributed by atoms with Gasteiger partial charge in [-0.1, -0.05) is 72.8 Å². The van der Waals surface area contributed by atoms with E-state index < -0.39 is 0 Å². The highest BCUT2D eigenvalue weighted by molar-refractivity contribution is 7.99. The van der Waals surface area contributed by atoms with Gasteiger partial charge in [0.25, 0.3) is 0 Å². The molecular weight excluding hydrogens is 402 g/mol. The van der Waals surface area contributed by atoms with Crippen LogP contribution < -0.4 is 0 Å².